The van der Waals surface area contributed by atoms with E-state index in [0.717, 1.165) is 31.6 Å². The van der Waals surface area contributed by atoms with E-state index in [0.29, 0.717) is 24.8 Å². The second-order valence-electron chi connectivity index (χ2n) is 6.79. The lowest BCUT2D eigenvalue weighted by Crippen LogP contribution is -2.50. The van der Waals surface area contributed by atoms with Gasteiger partial charge < -0.3 is 15.5 Å². The molecule has 2 rings (SSSR count). The zero-order valence-corrected chi connectivity index (χ0v) is 14.7. The molecule has 0 aromatic heterocycles. The fourth-order valence-corrected chi connectivity index (χ4v) is 3.59. The highest BCUT2D eigenvalue weighted by Crippen LogP contribution is 2.23. The molecule has 128 valence electrons. The second kappa shape index (κ2) is 8.46. The largest absolute Gasteiger partial charge is 0.342 e. The van der Waals surface area contributed by atoms with E-state index in [1.165, 1.54) is 0 Å². The molecule has 1 aliphatic rings. The van der Waals surface area contributed by atoms with Crippen molar-refractivity contribution in [2.75, 3.05) is 26.7 Å². The maximum atomic E-state index is 12.5. The number of carbonyl (C=O) groups excluding carboxylic acids is 1. The van der Waals surface area contributed by atoms with E-state index in [2.05, 4.69) is 18.7 Å². The molecule has 1 heterocycles. The summed E-state index contributed by atoms with van der Waals surface area (Å²) in [6, 6.07) is 10.3. The maximum Gasteiger partial charge on any atom is 0.222 e. The topological polar surface area (TPSA) is 49.6 Å². The molecule has 0 unspecified atom stereocenters. The molecule has 3 atom stereocenters. The standard InChI is InChI=1S/C19H31N3O/c1-4-22-13-12-18(15(2)14-22)21(3)19(23)11-10-17(20)16-8-6-5-7-9-16/h5-9,15,17-18H,4,10-14,20H2,1-3H3/t15-,17+,18-/m0/s1. The van der Waals surface area contributed by atoms with Crippen molar-refractivity contribution in [2.24, 2.45) is 11.7 Å². The third-order valence-electron chi connectivity index (χ3n) is 5.18. The van der Waals surface area contributed by atoms with E-state index >= 15 is 0 Å². The molecule has 0 radical (unpaired) electrons. The summed E-state index contributed by atoms with van der Waals surface area (Å²) in [7, 11) is 1.96. The third kappa shape index (κ3) is 4.79. The molecule has 0 saturated carbocycles. The summed E-state index contributed by atoms with van der Waals surface area (Å²) >= 11 is 0. The molecule has 0 aliphatic carbocycles. The van der Waals surface area contributed by atoms with E-state index in [-0.39, 0.29) is 11.9 Å². The maximum absolute atomic E-state index is 12.5. The monoisotopic (exact) mass is 317 g/mol. The van der Waals surface area contributed by atoms with Gasteiger partial charge in [-0.3, -0.25) is 4.79 Å². The molecule has 1 aromatic carbocycles. The highest BCUT2D eigenvalue weighted by molar-refractivity contribution is 5.76. The molecule has 0 bridgehead atoms. The van der Waals surface area contributed by atoms with Crippen molar-refractivity contribution >= 4 is 5.91 Å². The molecule has 1 aliphatic heterocycles. The van der Waals surface area contributed by atoms with Gasteiger partial charge in [0, 0.05) is 38.6 Å². The lowest BCUT2D eigenvalue weighted by Gasteiger charge is -2.41. The Bertz CT molecular complexity index is 491. The molecule has 4 nitrogen and oxygen atoms in total. The van der Waals surface area contributed by atoms with E-state index < -0.39 is 0 Å². The normalized spacial score (nSPS) is 23.5. The number of nitrogens with zero attached hydrogens (tertiary/aromatic N) is 2. The molecule has 1 saturated heterocycles. The smallest absolute Gasteiger partial charge is 0.222 e. The SMILES string of the molecule is CCN1CC[C@H](N(C)C(=O)CC[C@@H](N)c2ccccc2)[C@@H](C)C1. The van der Waals surface area contributed by atoms with Crippen molar-refractivity contribution in [1.29, 1.82) is 0 Å². The lowest BCUT2D eigenvalue weighted by atomic mass is 9.92. The van der Waals surface area contributed by atoms with Crippen LogP contribution in [0, 0.1) is 5.92 Å². The molecule has 1 fully saturated rings. The summed E-state index contributed by atoms with van der Waals surface area (Å²) in [5.41, 5.74) is 7.31. The minimum absolute atomic E-state index is 0.0621. The van der Waals surface area contributed by atoms with Crippen molar-refractivity contribution in [3.63, 3.8) is 0 Å². The van der Waals surface area contributed by atoms with Gasteiger partial charge >= 0.3 is 0 Å². The quantitative estimate of drug-likeness (QED) is 0.877. The molecule has 1 amide bonds. The van der Waals surface area contributed by atoms with Crippen LogP contribution in [0.4, 0.5) is 0 Å². The molecule has 1 aromatic rings. The van der Waals surface area contributed by atoms with Crippen LogP contribution in [0.2, 0.25) is 0 Å². The minimum atomic E-state index is -0.0621. The van der Waals surface area contributed by atoms with Crippen LogP contribution >= 0.6 is 0 Å². The van der Waals surface area contributed by atoms with Crippen LogP contribution in [0.5, 0.6) is 0 Å². The highest BCUT2D eigenvalue weighted by atomic mass is 16.2. The average molecular weight is 317 g/mol. The molecule has 23 heavy (non-hydrogen) atoms. The summed E-state index contributed by atoms with van der Waals surface area (Å²) in [6.45, 7) is 7.73. The molecule has 4 heteroatoms. The van der Waals surface area contributed by atoms with Gasteiger partial charge in [0.25, 0.3) is 0 Å². The minimum Gasteiger partial charge on any atom is -0.342 e. The van der Waals surface area contributed by atoms with Gasteiger partial charge in [-0.05, 0) is 30.9 Å². The van der Waals surface area contributed by atoms with Gasteiger partial charge in [0.15, 0.2) is 0 Å². The van der Waals surface area contributed by atoms with Crippen molar-refractivity contribution in [3.8, 4) is 0 Å². The van der Waals surface area contributed by atoms with Crippen molar-refractivity contribution < 1.29 is 4.79 Å². The Morgan fingerprint density at radius 3 is 2.70 bits per heavy atom. The van der Waals surface area contributed by atoms with Crippen LogP contribution in [0.25, 0.3) is 0 Å². The molecular weight excluding hydrogens is 286 g/mol. The van der Waals surface area contributed by atoms with Crippen LogP contribution in [0.1, 0.15) is 44.7 Å². The van der Waals surface area contributed by atoms with Crippen molar-refractivity contribution in [1.82, 2.24) is 9.80 Å². The van der Waals surface area contributed by atoms with Crippen LogP contribution < -0.4 is 5.73 Å². The zero-order chi connectivity index (χ0) is 16.8. The van der Waals surface area contributed by atoms with Crippen LogP contribution in [0.3, 0.4) is 0 Å². The van der Waals surface area contributed by atoms with Crippen molar-refractivity contribution in [3.05, 3.63) is 35.9 Å². The van der Waals surface area contributed by atoms with Crippen LogP contribution in [-0.2, 0) is 4.79 Å². The number of likely N-dealkylation sites (tertiary alicyclic amines) is 1. The molecule has 2 N–H and O–H groups in total. The van der Waals surface area contributed by atoms with E-state index in [1.807, 2.05) is 42.3 Å². The first-order valence-corrected chi connectivity index (χ1v) is 8.81. The number of hydrogen-bond acceptors (Lipinski definition) is 3. The number of benzene rings is 1. The van der Waals surface area contributed by atoms with Gasteiger partial charge in [-0.1, -0.05) is 44.2 Å². The second-order valence-corrected chi connectivity index (χ2v) is 6.79. The van der Waals surface area contributed by atoms with E-state index in [1.54, 1.807) is 0 Å². The fourth-order valence-electron chi connectivity index (χ4n) is 3.59. The summed E-state index contributed by atoms with van der Waals surface area (Å²) < 4.78 is 0. The van der Waals surface area contributed by atoms with Gasteiger partial charge in [-0.25, -0.2) is 0 Å². The third-order valence-corrected chi connectivity index (χ3v) is 5.18. The Morgan fingerprint density at radius 2 is 2.09 bits per heavy atom. The average Bonchev–Trinajstić information content (AvgIpc) is 2.59. The number of hydrogen-bond donors (Lipinski definition) is 1. The number of rotatable bonds is 6. The van der Waals surface area contributed by atoms with E-state index in [9.17, 15) is 4.79 Å². The summed E-state index contributed by atoms with van der Waals surface area (Å²) in [4.78, 5) is 17.0. The molecular formula is C19H31N3O. The first-order chi connectivity index (χ1) is 11.0. The summed E-state index contributed by atoms with van der Waals surface area (Å²) in [5, 5.41) is 0. The molecule has 0 spiro atoms. The van der Waals surface area contributed by atoms with Crippen LogP contribution in [0.15, 0.2) is 30.3 Å². The van der Waals surface area contributed by atoms with Gasteiger partial charge in [-0.15, -0.1) is 0 Å². The first-order valence-electron chi connectivity index (χ1n) is 8.81. The summed E-state index contributed by atoms with van der Waals surface area (Å²) in [5.74, 6) is 0.749. The number of piperidine rings is 1. The number of carbonyl (C=O) groups is 1. The first kappa shape index (κ1) is 18.0. The fraction of sp³-hybridized carbons (Fsp3) is 0.632. The Hall–Kier alpha value is -1.39. The highest BCUT2D eigenvalue weighted by Gasteiger charge is 2.30. The Labute approximate surface area is 140 Å². The lowest BCUT2D eigenvalue weighted by molar-refractivity contribution is -0.134. The van der Waals surface area contributed by atoms with Gasteiger partial charge in [0.2, 0.25) is 5.91 Å². The zero-order valence-electron chi connectivity index (χ0n) is 14.7. The van der Waals surface area contributed by atoms with Gasteiger partial charge in [0.1, 0.15) is 0 Å². The predicted octanol–water partition coefficient (Wildman–Crippen LogP) is 2.66. The summed E-state index contributed by atoms with van der Waals surface area (Å²) in [6.07, 6.45) is 2.30. The van der Waals surface area contributed by atoms with Gasteiger partial charge in [-0.2, -0.15) is 0 Å². The van der Waals surface area contributed by atoms with E-state index in [4.69, 9.17) is 5.73 Å². The van der Waals surface area contributed by atoms with Crippen LogP contribution in [-0.4, -0.2) is 48.4 Å². The van der Waals surface area contributed by atoms with Gasteiger partial charge in [0.05, 0.1) is 0 Å². The Morgan fingerprint density at radius 1 is 1.39 bits per heavy atom. The number of nitrogens with two attached hydrogens (primary N) is 1. The number of amides is 1. The van der Waals surface area contributed by atoms with Crippen molar-refractivity contribution in [2.45, 2.75) is 45.2 Å². The Balaban J connectivity index is 1.83. The Kier molecular flexibility index (Phi) is 6.60. The predicted molar refractivity (Wildman–Crippen MR) is 95.1 cm³/mol.